The van der Waals surface area contributed by atoms with Crippen LogP contribution < -0.4 is 4.72 Å². The van der Waals surface area contributed by atoms with Gasteiger partial charge in [-0.05, 0) is 69.2 Å². The van der Waals surface area contributed by atoms with E-state index in [0.717, 1.165) is 60.3 Å². The Labute approximate surface area is 189 Å². The van der Waals surface area contributed by atoms with Gasteiger partial charge < -0.3 is 4.57 Å². The van der Waals surface area contributed by atoms with Crippen LogP contribution in [0.5, 0.6) is 0 Å². The molecule has 1 aromatic carbocycles. The van der Waals surface area contributed by atoms with Gasteiger partial charge >= 0.3 is 6.18 Å². The van der Waals surface area contributed by atoms with Gasteiger partial charge in [0.05, 0.1) is 10.6 Å². The molecule has 0 aliphatic heterocycles. The lowest BCUT2D eigenvalue weighted by Gasteiger charge is -2.30. The van der Waals surface area contributed by atoms with Crippen molar-refractivity contribution < 1.29 is 21.6 Å². The van der Waals surface area contributed by atoms with Gasteiger partial charge in [0, 0.05) is 22.5 Å². The second kappa shape index (κ2) is 8.07. The number of sulfonamides is 1. The van der Waals surface area contributed by atoms with Gasteiger partial charge in [0.2, 0.25) is 10.0 Å². The van der Waals surface area contributed by atoms with Crippen LogP contribution in [0.25, 0.3) is 22.3 Å². The lowest BCUT2D eigenvalue weighted by Crippen LogP contribution is -2.54. The van der Waals surface area contributed by atoms with Crippen LogP contribution in [0.15, 0.2) is 52.4 Å². The molecule has 0 unspecified atom stereocenters. The summed E-state index contributed by atoms with van der Waals surface area (Å²) in [6.45, 7) is 1.59. The van der Waals surface area contributed by atoms with Crippen LogP contribution in [-0.2, 0) is 10.0 Å². The highest BCUT2D eigenvalue weighted by Gasteiger charge is 2.49. The number of fused-ring (bicyclic) bond motifs is 1. The van der Waals surface area contributed by atoms with Crippen molar-refractivity contribution in [2.45, 2.75) is 60.7 Å². The minimum absolute atomic E-state index is 0.215. The van der Waals surface area contributed by atoms with E-state index in [1.54, 1.807) is 28.6 Å². The van der Waals surface area contributed by atoms with Gasteiger partial charge in [-0.1, -0.05) is 12.1 Å². The van der Waals surface area contributed by atoms with Crippen molar-refractivity contribution in [2.75, 3.05) is 6.26 Å². The Kier molecular flexibility index (Phi) is 5.83. The standard InChI is InChI=1S/C22H24F3N3O2S2/c1-21(2,22(23,24)25)27-32(29,30)18-9-7-14(8-10-18)19-12-15-11-17(31-3)13-26-20(15)28(19)16-5-4-6-16/h7-13,16,27H,4-6H2,1-3H3. The van der Waals surface area contributed by atoms with E-state index in [1.807, 2.05) is 18.5 Å². The third-order valence-electron chi connectivity index (χ3n) is 5.88. The highest BCUT2D eigenvalue weighted by Crippen LogP contribution is 2.40. The van der Waals surface area contributed by atoms with Crippen LogP contribution in [0.4, 0.5) is 13.2 Å². The molecule has 1 saturated carbocycles. The Morgan fingerprint density at radius 3 is 2.31 bits per heavy atom. The van der Waals surface area contributed by atoms with Gasteiger partial charge in [-0.25, -0.2) is 13.4 Å². The maximum atomic E-state index is 13.1. The van der Waals surface area contributed by atoms with Crippen molar-refractivity contribution in [1.82, 2.24) is 14.3 Å². The van der Waals surface area contributed by atoms with E-state index in [0.29, 0.717) is 6.04 Å². The maximum Gasteiger partial charge on any atom is 0.407 e. The number of aromatic nitrogens is 2. The lowest BCUT2D eigenvalue weighted by molar-refractivity contribution is -0.180. The zero-order chi connectivity index (χ0) is 23.3. The van der Waals surface area contributed by atoms with Gasteiger partial charge in [0.1, 0.15) is 11.2 Å². The van der Waals surface area contributed by atoms with Crippen molar-refractivity contribution in [3.8, 4) is 11.3 Å². The molecule has 1 aliphatic rings. The summed E-state index contributed by atoms with van der Waals surface area (Å²) in [5.74, 6) is 0. The van der Waals surface area contributed by atoms with E-state index in [2.05, 4.69) is 15.6 Å². The van der Waals surface area contributed by atoms with Crippen LogP contribution in [0.1, 0.15) is 39.2 Å². The summed E-state index contributed by atoms with van der Waals surface area (Å²) in [6.07, 6.45) is 2.35. The van der Waals surface area contributed by atoms with Crippen molar-refractivity contribution in [3.05, 3.63) is 42.6 Å². The number of alkyl halides is 3. The van der Waals surface area contributed by atoms with Gasteiger partial charge in [-0.2, -0.15) is 17.9 Å². The predicted molar refractivity (Wildman–Crippen MR) is 120 cm³/mol. The first-order chi connectivity index (χ1) is 14.9. The smallest absolute Gasteiger partial charge is 0.322 e. The average molecular weight is 484 g/mol. The number of hydrogen-bond donors (Lipinski definition) is 1. The summed E-state index contributed by atoms with van der Waals surface area (Å²) < 4.78 is 68.5. The van der Waals surface area contributed by atoms with Gasteiger partial charge in [0.15, 0.2) is 0 Å². The van der Waals surface area contributed by atoms with E-state index in [1.165, 1.54) is 12.1 Å². The topological polar surface area (TPSA) is 64.0 Å². The largest absolute Gasteiger partial charge is 0.407 e. The average Bonchev–Trinajstić information content (AvgIpc) is 3.03. The molecule has 32 heavy (non-hydrogen) atoms. The molecule has 0 radical (unpaired) electrons. The summed E-state index contributed by atoms with van der Waals surface area (Å²) >= 11 is 1.61. The SMILES string of the molecule is CSc1cnc2c(c1)cc(-c1ccc(S(=O)(=O)NC(C)(C)C(F)(F)F)cc1)n2C1CCC1. The molecule has 0 bridgehead atoms. The molecule has 0 atom stereocenters. The molecule has 1 aliphatic carbocycles. The molecule has 4 rings (SSSR count). The number of halogens is 3. The van der Waals surface area contributed by atoms with Crippen LogP contribution in [0, 0.1) is 0 Å². The molecular weight excluding hydrogens is 459 g/mol. The lowest BCUT2D eigenvalue weighted by atomic mass is 9.92. The molecule has 0 saturated heterocycles. The Bertz CT molecular complexity index is 1250. The Morgan fingerprint density at radius 2 is 1.78 bits per heavy atom. The molecule has 3 aromatic rings. The highest BCUT2D eigenvalue weighted by molar-refractivity contribution is 7.98. The molecule has 0 spiro atoms. The van der Waals surface area contributed by atoms with Crippen LogP contribution in [0.2, 0.25) is 0 Å². The second-order valence-electron chi connectivity index (χ2n) is 8.52. The second-order valence-corrected chi connectivity index (χ2v) is 11.1. The Hall–Kier alpha value is -2.04. The van der Waals surface area contributed by atoms with Gasteiger partial charge in [-0.3, -0.25) is 0 Å². The summed E-state index contributed by atoms with van der Waals surface area (Å²) in [7, 11) is -4.35. The zero-order valence-corrected chi connectivity index (χ0v) is 19.5. The molecule has 10 heteroatoms. The summed E-state index contributed by atoms with van der Waals surface area (Å²) in [6, 6.07) is 10.4. The van der Waals surface area contributed by atoms with E-state index < -0.39 is 21.7 Å². The minimum Gasteiger partial charge on any atom is -0.322 e. The number of benzene rings is 1. The first-order valence-corrected chi connectivity index (χ1v) is 12.9. The quantitative estimate of drug-likeness (QED) is 0.452. The van der Waals surface area contributed by atoms with E-state index in [-0.39, 0.29) is 4.90 Å². The number of nitrogens with one attached hydrogen (secondary N) is 1. The number of rotatable bonds is 6. The van der Waals surface area contributed by atoms with E-state index in [9.17, 15) is 21.6 Å². The predicted octanol–water partition coefficient (Wildman–Crippen LogP) is 5.77. The normalized spacial score (nSPS) is 15.8. The number of nitrogens with zero attached hydrogens (tertiary/aromatic N) is 2. The Morgan fingerprint density at radius 1 is 1.12 bits per heavy atom. The molecule has 0 amide bonds. The molecule has 5 nitrogen and oxygen atoms in total. The van der Waals surface area contributed by atoms with Crippen molar-refractivity contribution in [2.24, 2.45) is 0 Å². The van der Waals surface area contributed by atoms with E-state index in [4.69, 9.17) is 0 Å². The van der Waals surface area contributed by atoms with Crippen molar-refractivity contribution >= 4 is 32.8 Å². The van der Waals surface area contributed by atoms with Gasteiger partial charge in [-0.15, -0.1) is 11.8 Å². The summed E-state index contributed by atoms with van der Waals surface area (Å²) in [5, 5.41) is 1.00. The van der Waals surface area contributed by atoms with Crippen LogP contribution in [-0.4, -0.2) is 35.9 Å². The molecule has 2 heterocycles. The summed E-state index contributed by atoms with van der Waals surface area (Å²) in [4.78, 5) is 5.49. The first kappa shape index (κ1) is 23.1. The van der Waals surface area contributed by atoms with E-state index >= 15 is 0 Å². The fourth-order valence-electron chi connectivity index (χ4n) is 3.70. The maximum absolute atomic E-state index is 13.1. The Balaban J connectivity index is 1.71. The van der Waals surface area contributed by atoms with Crippen molar-refractivity contribution in [1.29, 1.82) is 0 Å². The molecule has 172 valence electrons. The third-order valence-corrected chi connectivity index (χ3v) is 8.25. The molecule has 1 N–H and O–H groups in total. The molecule has 2 aromatic heterocycles. The van der Waals surface area contributed by atoms with Gasteiger partial charge in [0.25, 0.3) is 0 Å². The minimum atomic E-state index is -4.72. The zero-order valence-electron chi connectivity index (χ0n) is 17.9. The molecule has 1 fully saturated rings. The highest BCUT2D eigenvalue weighted by atomic mass is 32.2. The monoisotopic (exact) mass is 483 g/mol. The number of hydrogen-bond acceptors (Lipinski definition) is 4. The number of pyridine rings is 1. The van der Waals surface area contributed by atoms with Crippen LogP contribution in [0.3, 0.4) is 0 Å². The van der Waals surface area contributed by atoms with Crippen molar-refractivity contribution in [3.63, 3.8) is 0 Å². The number of thioether (sulfide) groups is 1. The fourth-order valence-corrected chi connectivity index (χ4v) is 5.50. The fraction of sp³-hybridized carbons (Fsp3) is 0.409. The molecular formula is C22H24F3N3O2S2. The van der Waals surface area contributed by atoms with Crippen LogP contribution >= 0.6 is 11.8 Å². The third kappa shape index (κ3) is 4.15. The summed E-state index contributed by atoms with van der Waals surface area (Å²) in [5.41, 5.74) is 0.00681. The first-order valence-electron chi connectivity index (χ1n) is 10.2.